The summed E-state index contributed by atoms with van der Waals surface area (Å²) in [6.45, 7) is 6.94. The summed E-state index contributed by atoms with van der Waals surface area (Å²) in [7, 11) is 0. The van der Waals surface area contributed by atoms with E-state index in [0.717, 1.165) is 35.6 Å². The standard InChI is InChI=1S/C20H22N4O/c1-15-3-4-16(2)19(13-15)22-20(25)24-11-9-23(10-12-24)18-7-5-17(14-21)6-8-18/h3-8,13H,9-12H2,1-2H3,(H,22,25). The molecule has 0 atom stereocenters. The molecule has 2 aromatic rings. The minimum absolute atomic E-state index is 0.0480. The smallest absolute Gasteiger partial charge is 0.321 e. The van der Waals surface area contributed by atoms with Crippen molar-refractivity contribution in [2.24, 2.45) is 0 Å². The van der Waals surface area contributed by atoms with Gasteiger partial charge in [0.25, 0.3) is 0 Å². The van der Waals surface area contributed by atoms with Gasteiger partial charge >= 0.3 is 6.03 Å². The molecule has 1 heterocycles. The molecule has 2 aromatic carbocycles. The Hall–Kier alpha value is -3.00. The first-order valence-corrected chi connectivity index (χ1v) is 8.45. The summed E-state index contributed by atoms with van der Waals surface area (Å²) in [6, 6.07) is 15.7. The van der Waals surface area contributed by atoms with Crippen LogP contribution in [0.1, 0.15) is 16.7 Å². The van der Waals surface area contributed by atoms with Crippen molar-refractivity contribution in [3.63, 3.8) is 0 Å². The molecule has 25 heavy (non-hydrogen) atoms. The van der Waals surface area contributed by atoms with E-state index in [1.165, 1.54) is 0 Å². The van der Waals surface area contributed by atoms with Gasteiger partial charge in [0.15, 0.2) is 0 Å². The van der Waals surface area contributed by atoms with Crippen LogP contribution in [0.2, 0.25) is 0 Å². The fraction of sp³-hybridized carbons (Fsp3) is 0.300. The summed E-state index contributed by atoms with van der Waals surface area (Å²) in [6.07, 6.45) is 0. The number of benzene rings is 2. The molecule has 0 bridgehead atoms. The molecule has 128 valence electrons. The predicted octanol–water partition coefficient (Wildman–Crippen LogP) is 3.53. The maximum atomic E-state index is 12.5. The number of rotatable bonds is 2. The van der Waals surface area contributed by atoms with E-state index in [9.17, 15) is 4.79 Å². The molecule has 0 unspecified atom stereocenters. The lowest BCUT2D eigenvalue weighted by molar-refractivity contribution is 0.208. The number of aryl methyl sites for hydroxylation is 2. The zero-order chi connectivity index (χ0) is 17.8. The Kier molecular flexibility index (Phi) is 4.90. The van der Waals surface area contributed by atoms with E-state index in [1.807, 2.05) is 61.2 Å². The second-order valence-corrected chi connectivity index (χ2v) is 6.38. The lowest BCUT2D eigenvalue weighted by atomic mass is 10.1. The summed E-state index contributed by atoms with van der Waals surface area (Å²) >= 11 is 0. The summed E-state index contributed by atoms with van der Waals surface area (Å²) in [5.41, 5.74) is 4.82. The number of hydrogen-bond acceptors (Lipinski definition) is 3. The van der Waals surface area contributed by atoms with Crippen LogP contribution in [0, 0.1) is 25.2 Å². The second-order valence-electron chi connectivity index (χ2n) is 6.38. The second kappa shape index (κ2) is 7.27. The van der Waals surface area contributed by atoms with E-state index in [-0.39, 0.29) is 6.03 Å². The van der Waals surface area contributed by atoms with E-state index >= 15 is 0 Å². The number of nitriles is 1. The van der Waals surface area contributed by atoms with Crippen LogP contribution >= 0.6 is 0 Å². The van der Waals surface area contributed by atoms with Gasteiger partial charge in [-0.25, -0.2) is 4.79 Å². The molecular weight excluding hydrogens is 312 g/mol. The number of hydrogen-bond donors (Lipinski definition) is 1. The Balaban J connectivity index is 1.58. The molecule has 1 aliphatic rings. The number of nitrogens with one attached hydrogen (secondary N) is 1. The molecule has 0 spiro atoms. The molecule has 1 N–H and O–H groups in total. The van der Waals surface area contributed by atoms with Crippen LogP contribution in [0.4, 0.5) is 16.2 Å². The van der Waals surface area contributed by atoms with Gasteiger partial charge in [0.2, 0.25) is 0 Å². The van der Waals surface area contributed by atoms with Crippen molar-refractivity contribution in [2.75, 3.05) is 36.4 Å². The number of carbonyl (C=O) groups is 1. The maximum absolute atomic E-state index is 12.5. The van der Waals surface area contributed by atoms with Gasteiger partial charge in [0, 0.05) is 37.6 Å². The van der Waals surface area contributed by atoms with Gasteiger partial charge in [-0.15, -0.1) is 0 Å². The summed E-state index contributed by atoms with van der Waals surface area (Å²) in [5, 5.41) is 11.9. The van der Waals surface area contributed by atoms with Gasteiger partial charge in [-0.3, -0.25) is 0 Å². The maximum Gasteiger partial charge on any atom is 0.321 e. The molecule has 5 heteroatoms. The average Bonchev–Trinajstić information content (AvgIpc) is 2.65. The highest BCUT2D eigenvalue weighted by atomic mass is 16.2. The molecule has 0 aliphatic carbocycles. The Morgan fingerprint density at radius 2 is 1.72 bits per heavy atom. The van der Waals surface area contributed by atoms with Crippen molar-refractivity contribution < 1.29 is 4.79 Å². The van der Waals surface area contributed by atoms with Crippen LogP contribution in [0.3, 0.4) is 0 Å². The number of nitrogens with zero attached hydrogens (tertiary/aromatic N) is 3. The van der Waals surface area contributed by atoms with Crippen molar-refractivity contribution in [3.8, 4) is 6.07 Å². The number of carbonyl (C=O) groups excluding carboxylic acids is 1. The number of amides is 2. The zero-order valence-electron chi connectivity index (χ0n) is 14.6. The first kappa shape index (κ1) is 16.8. The van der Waals surface area contributed by atoms with Crippen molar-refractivity contribution in [2.45, 2.75) is 13.8 Å². The van der Waals surface area contributed by atoms with Crippen LogP contribution in [0.15, 0.2) is 42.5 Å². The third-order valence-corrected chi connectivity index (χ3v) is 4.56. The van der Waals surface area contributed by atoms with Crippen LogP contribution in [-0.4, -0.2) is 37.1 Å². The van der Waals surface area contributed by atoms with E-state index in [4.69, 9.17) is 5.26 Å². The first-order chi connectivity index (χ1) is 12.1. The topological polar surface area (TPSA) is 59.4 Å². The quantitative estimate of drug-likeness (QED) is 0.914. The zero-order valence-corrected chi connectivity index (χ0v) is 14.6. The van der Waals surface area contributed by atoms with Gasteiger partial charge in [-0.2, -0.15) is 5.26 Å². The van der Waals surface area contributed by atoms with Gasteiger partial charge in [0.1, 0.15) is 0 Å². The highest BCUT2D eigenvalue weighted by Gasteiger charge is 2.21. The molecular formula is C20H22N4O. The largest absolute Gasteiger partial charge is 0.368 e. The molecule has 0 saturated carbocycles. The molecule has 0 aromatic heterocycles. The van der Waals surface area contributed by atoms with E-state index < -0.39 is 0 Å². The van der Waals surface area contributed by atoms with Crippen molar-refractivity contribution in [3.05, 3.63) is 59.2 Å². The minimum Gasteiger partial charge on any atom is -0.368 e. The first-order valence-electron chi connectivity index (χ1n) is 8.45. The predicted molar refractivity (Wildman–Crippen MR) is 99.9 cm³/mol. The lowest BCUT2D eigenvalue weighted by Gasteiger charge is -2.36. The van der Waals surface area contributed by atoms with Crippen LogP contribution in [0.25, 0.3) is 0 Å². The van der Waals surface area contributed by atoms with Gasteiger partial charge in [0.05, 0.1) is 11.6 Å². The van der Waals surface area contributed by atoms with E-state index in [2.05, 4.69) is 16.3 Å². The van der Waals surface area contributed by atoms with Crippen LogP contribution in [0.5, 0.6) is 0 Å². The van der Waals surface area contributed by atoms with Crippen LogP contribution in [-0.2, 0) is 0 Å². The molecule has 1 aliphatic heterocycles. The highest BCUT2D eigenvalue weighted by Crippen LogP contribution is 2.19. The molecule has 0 radical (unpaired) electrons. The number of urea groups is 1. The van der Waals surface area contributed by atoms with Gasteiger partial charge in [-0.1, -0.05) is 12.1 Å². The highest BCUT2D eigenvalue weighted by molar-refractivity contribution is 5.90. The molecule has 3 rings (SSSR count). The summed E-state index contributed by atoms with van der Waals surface area (Å²) in [4.78, 5) is 16.6. The fourth-order valence-corrected chi connectivity index (χ4v) is 2.98. The van der Waals surface area contributed by atoms with Crippen molar-refractivity contribution >= 4 is 17.4 Å². The third kappa shape index (κ3) is 3.92. The monoisotopic (exact) mass is 334 g/mol. The Morgan fingerprint density at radius 3 is 2.36 bits per heavy atom. The van der Waals surface area contributed by atoms with Crippen LogP contribution < -0.4 is 10.2 Å². The van der Waals surface area contributed by atoms with E-state index in [0.29, 0.717) is 18.7 Å². The van der Waals surface area contributed by atoms with Gasteiger partial charge < -0.3 is 15.1 Å². The minimum atomic E-state index is -0.0480. The summed E-state index contributed by atoms with van der Waals surface area (Å²) < 4.78 is 0. The molecule has 1 saturated heterocycles. The molecule has 2 amide bonds. The Morgan fingerprint density at radius 1 is 1.04 bits per heavy atom. The average molecular weight is 334 g/mol. The number of piperazine rings is 1. The third-order valence-electron chi connectivity index (χ3n) is 4.56. The van der Waals surface area contributed by atoms with Gasteiger partial charge in [-0.05, 0) is 55.3 Å². The molecule has 1 fully saturated rings. The SMILES string of the molecule is Cc1ccc(C)c(NC(=O)N2CCN(c3ccc(C#N)cc3)CC2)c1. The lowest BCUT2D eigenvalue weighted by Crippen LogP contribution is -2.50. The van der Waals surface area contributed by atoms with Crippen molar-refractivity contribution in [1.29, 1.82) is 5.26 Å². The van der Waals surface area contributed by atoms with Crippen molar-refractivity contribution in [1.82, 2.24) is 4.90 Å². The normalized spacial score (nSPS) is 14.1. The Bertz CT molecular complexity index is 799. The molecule has 5 nitrogen and oxygen atoms in total. The summed E-state index contributed by atoms with van der Waals surface area (Å²) in [5.74, 6) is 0. The Labute approximate surface area is 148 Å². The number of anilines is 2. The fourth-order valence-electron chi connectivity index (χ4n) is 2.98. The van der Waals surface area contributed by atoms with E-state index in [1.54, 1.807) is 0 Å².